The van der Waals surface area contributed by atoms with Crippen molar-refractivity contribution in [1.29, 1.82) is 0 Å². The van der Waals surface area contributed by atoms with Gasteiger partial charge >= 0.3 is 0 Å². The number of aromatic amines is 1. The summed E-state index contributed by atoms with van der Waals surface area (Å²) in [5.41, 5.74) is 3.92. The Bertz CT molecular complexity index is 1150. The summed E-state index contributed by atoms with van der Waals surface area (Å²) in [4.78, 5) is 15.4. The maximum atomic E-state index is 13.5. The first-order chi connectivity index (χ1) is 16.1. The Morgan fingerprint density at radius 3 is 2.73 bits per heavy atom. The Kier molecular flexibility index (Phi) is 6.00. The fourth-order valence-electron chi connectivity index (χ4n) is 4.70. The summed E-state index contributed by atoms with van der Waals surface area (Å²) in [6, 6.07) is 13.0. The molecule has 0 radical (unpaired) electrons. The highest BCUT2D eigenvalue weighted by molar-refractivity contribution is 6.30. The Labute approximate surface area is 197 Å². The smallest absolute Gasteiger partial charge is 0.273 e. The molecule has 7 nitrogen and oxygen atoms in total. The number of aromatic nitrogens is 2. The van der Waals surface area contributed by atoms with E-state index in [-0.39, 0.29) is 18.1 Å². The molecule has 2 aliphatic heterocycles. The van der Waals surface area contributed by atoms with E-state index in [0.717, 1.165) is 41.8 Å². The molecule has 3 aromatic rings. The van der Waals surface area contributed by atoms with Crippen LogP contribution in [-0.4, -0.2) is 54.0 Å². The lowest BCUT2D eigenvalue weighted by molar-refractivity contribution is 0.0495. The zero-order chi connectivity index (χ0) is 22.9. The summed E-state index contributed by atoms with van der Waals surface area (Å²) in [6.45, 7) is 3.72. The molecule has 33 heavy (non-hydrogen) atoms. The maximum Gasteiger partial charge on any atom is 0.273 e. The van der Waals surface area contributed by atoms with E-state index in [9.17, 15) is 4.79 Å². The Balaban J connectivity index is 1.62. The predicted octanol–water partition coefficient (Wildman–Crippen LogP) is 4.86. The van der Waals surface area contributed by atoms with Crippen LogP contribution in [0.4, 0.5) is 0 Å². The fraction of sp³-hybridized carbons (Fsp3) is 0.360. The van der Waals surface area contributed by atoms with Gasteiger partial charge in [0.05, 0.1) is 31.6 Å². The number of nitrogens with one attached hydrogen (secondary N) is 1. The molecular weight excluding hydrogens is 442 g/mol. The van der Waals surface area contributed by atoms with Crippen molar-refractivity contribution in [3.63, 3.8) is 0 Å². The van der Waals surface area contributed by atoms with Crippen LogP contribution in [0.2, 0.25) is 5.02 Å². The van der Waals surface area contributed by atoms with Gasteiger partial charge in [0.25, 0.3) is 5.91 Å². The van der Waals surface area contributed by atoms with E-state index >= 15 is 0 Å². The average Bonchev–Trinajstić information content (AvgIpc) is 3.55. The lowest BCUT2D eigenvalue weighted by atomic mass is 9.95. The minimum atomic E-state index is -0.328. The predicted molar refractivity (Wildman–Crippen MR) is 125 cm³/mol. The monoisotopic (exact) mass is 467 g/mol. The van der Waals surface area contributed by atoms with E-state index in [1.807, 2.05) is 54.3 Å². The number of H-pyrrole nitrogens is 1. The van der Waals surface area contributed by atoms with Crippen LogP contribution in [0, 0.1) is 0 Å². The summed E-state index contributed by atoms with van der Waals surface area (Å²) < 4.78 is 17.2. The van der Waals surface area contributed by atoms with E-state index in [4.69, 9.17) is 25.8 Å². The van der Waals surface area contributed by atoms with Crippen molar-refractivity contribution in [2.24, 2.45) is 0 Å². The second kappa shape index (κ2) is 9.08. The molecule has 3 heterocycles. The normalized spacial score (nSPS) is 19.7. The highest BCUT2D eigenvalue weighted by Crippen LogP contribution is 2.45. The van der Waals surface area contributed by atoms with Crippen LogP contribution in [0.1, 0.15) is 47.4 Å². The van der Waals surface area contributed by atoms with Gasteiger partial charge in [0.2, 0.25) is 0 Å². The average molecular weight is 468 g/mol. The van der Waals surface area contributed by atoms with E-state index in [0.29, 0.717) is 35.4 Å². The van der Waals surface area contributed by atoms with Gasteiger partial charge in [-0.2, -0.15) is 5.10 Å². The molecular formula is C25H26ClN3O4. The van der Waals surface area contributed by atoms with E-state index in [1.54, 1.807) is 7.11 Å². The van der Waals surface area contributed by atoms with Gasteiger partial charge in [-0.15, -0.1) is 0 Å². The fourth-order valence-corrected chi connectivity index (χ4v) is 4.82. The minimum Gasteiger partial charge on any atom is -0.493 e. The molecule has 2 aliphatic rings. The number of hydrogen-bond acceptors (Lipinski definition) is 5. The molecule has 2 unspecified atom stereocenters. The molecule has 0 spiro atoms. The van der Waals surface area contributed by atoms with Crippen LogP contribution in [0.15, 0.2) is 42.5 Å². The molecule has 2 aromatic carbocycles. The van der Waals surface area contributed by atoms with E-state index in [1.165, 1.54) is 0 Å². The summed E-state index contributed by atoms with van der Waals surface area (Å²) in [5, 5.41) is 8.16. The Hall–Kier alpha value is -3.03. The van der Waals surface area contributed by atoms with Crippen molar-refractivity contribution in [3.8, 4) is 22.8 Å². The van der Waals surface area contributed by atoms with Gasteiger partial charge in [-0.25, -0.2) is 0 Å². The summed E-state index contributed by atoms with van der Waals surface area (Å²) in [7, 11) is 1.62. The third-order valence-corrected chi connectivity index (χ3v) is 6.46. The molecule has 1 N–H and O–H groups in total. The van der Waals surface area contributed by atoms with Crippen molar-refractivity contribution >= 4 is 17.5 Å². The maximum absolute atomic E-state index is 13.5. The third-order valence-electron chi connectivity index (χ3n) is 6.21. The van der Waals surface area contributed by atoms with Crippen LogP contribution in [0.5, 0.6) is 11.5 Å². The molecule has 2 atom stereocenters. The Morgan fingerprint density at radius 1 is 1.21 bits per heavy atom. The number of carbonyl (C=O) groups is 1. The first-order valence-electron chi connectivity index (χ1n) is 11.2. The highest BCUT2D eigenvalue weighted by atomic mass is 35.5. The first-order valence-corrected chi connectivity index (χ1v) is 11.6. The Morgan fingerprint density at radius 2 is 2.03 bits per heavy atom. The van der Waals surface area contributed by atoms with E-state index < -0.39 is 0 Å². The highest BCUT2D eigenvalue weighted by Gasteiger charge is 2.43. The van der Waals surface area contributed by atoms with Gasteiger partial charge in [-0.1, -0.05) is 29.8 Å². The van der Waals surface area contributed by atoms with Crippen LogP contribution in [0.25, 0.3) is 11.3 Å². The zero-order valence-electron chi connectivity index (χ0n) is 18.6. The number of nitrogens with zero attached hydrogens (tertiary/aromatic N) is 2. The van der Waals surface area contributed by atoms with Gasteiger partial charge in [-0.05, 0) is 49.6 Å². The van der Waals surface area contributed by atoms with E-state index in [2.05, 4.69) is 10.2 Å². The van der Waals surface area contributed by atoms with Gasteiger partial charge in [-0.3, -0.25) is 9.89 Å². The molecule has 8 heteroatoms. The number of hydrogen-bond donors (Lipinski definition) is 1. The molecule has 1 saturated heterocycles. The lowest BCUT2D eigenvalue weighted by Crippen LogP contribution is -2.36. The number of amides is 1. The second-order valence-electron chi connectivity index (χ2n) is 8.21. The van der Waals surface area contributed by atoms with Crippen LogP contribution in [0.3, 0.4) is 0 Å². The number of fused-ring (bicyclic) bond motifs is 1. The number of methoxy groups -OCH3 is 1. The van der Waals surface area contributed by atoms with Gasteiger partial charge in [0, 0.05) is 29.3 Å². The molecule has 172 valence electrons. The third kappa shape index (κ3) is 3.96. The topological polar surface area (TPSA) is 76.7 Å². The van der Waals surface area contributed by atoms with Gasteiger partial charge in [0.15, 0.2) is 11.5 Å². The van der Waals surface area contributed by atoms with Crippen molar-refractivity contribution < 1.29 is 19.0 Å². The second-order valence-corrected chi connectivity index (χ2v) is 8.64. The van der Waals surface area contributed by atoms with Crippen molar-refractivity contribution in [1.82, 2.24) is 15.1 Å². The van der Waals surface area contributed by atoms with Crippen LogP contribution < -0.4 is 9.47 Å². The van der Waals surface area contributed by atoms with Crippen molar-refractivity contribution in [2.75, 3.05) is 26.9 Å². The van der Waals surface area contributed by atoms with Crippen molar-refractivity contribution in [2.45, 2.75) is 31.9 Å². The van der Waals surface area contributed by atoms with Crippen LogP contribution >= 0.6 is 11.6 Å². The number of carbonyl (C=O) groups excluding carboxylic acids is 1. The SMILES string of the molecule is CCOc1ccc(C2c3c(-c4ccc(Cl)cc4)n[nH]c3C(=O)N2CC2CCCO2)cc1OC. The number of halogens is 1. The summed E-state index contributed by atoms with van der Waals surface area (Å²) >= 11 is 6.10. The largest absolute Gasteiger partial charge is 0.493 e. The number of ether oxygens (including phenoxy) is 3. The summed E-state index contributed by atoms with van der Waals surface area (Å²) in [5.74, 6) is 1.22. The van der Waals surface area contributed by atoms with Crippen LogP contribution in [-0.2, 0) is 4.74 Å². The summed E-state index contributed by atoms with van der Waals surface area (Å²) in [6.07, 6.45) is 1.98. The molecule has 1 fully saturated rings. The quantitative estimate of drug-likeness (QED) is 0.537. The first kappa shape index (κ1) is 21.8. The lowest BCUT2D eigenvalue weighted by Gasteiger charge is -2.29. The molecule has 1 amide bonds. The molecule has 0 aliphatic carbocycles. The molecule has 5 rings (SSSR count). The minimum absolute atomic E-state index is 0.0250. The van der Waals surface area contributed by atoms with Gasteiger partial charge in [0.1, 0.15) is 5.69 Å². The molecule has 1 aromatic heterocycles. The van der Waals surface area contributed by atoms with Crippen molar-refractivity contribution in [3.05, 3.63) is 64.3 Å². The standard InChI is InChI=1S/C25H26ClN3O4/c1-3-32-19-11-8-16(13-20(19)31-2)24-21-22(15-6-9-17(26)10-7-15)27-28-23(21)25(30)29(24)14-18-5-4-12-33-18/h6-11,13,18,24H,3-5,12,14H2,1-2H3,(H,27,28). The van der Waals surface area contributed by atoms with Gasteiger partial charge < -0.3 is 19.1 Å². The zero-order valence-corrected chi connectivity index (χ0v) is 19.4. The number of benzene rings is 2. The number of rotatable bonds is 7. The molecule has 0 bridgehead atoms. The molecule has 0 saturated carbocycles.